The minimum atomic E-state index is 0.186. The van der Waals surface area contributed by atoms with Gasteiger partial charge < -0.3 is 0 Å². The monoisotopic (exact) mass is 362 g/mol. The summed E-state index contributed by atoms with van der Waals surface area (Å²) in [5, 5.41) is 0. The summed E-state index contributed by atoms with van der Waals surface area (Å²) >= 11 is 0. The van der Waals surface area contributed by atoms with Crippen molar-refractivity contribution < 1.29 is 4.57 Å². The van der Waals surface area contributed by atoms with Crippen LogP contribution in [-0.4, -0.2) is 0 Å². The minimum absolute atomic E-state index is 0.186. The third kappa shape index (κ3) is 3.03. The molecule has 1 fully saturated rings. The molecule has 0 spiro atoms. The number of nitrogens with zero attached hydrogens (tertiary/aromatic N) is 1. The van der Waals surface area contributed by atoms with Crippen LogP contribution < -0.4 is 4.57 Å². The van der Waals surface area contributed by atoms with E-state index >= 15 is 0 Å². The van der Waals surface area contributed by atoms with Crippen LogP contribution in [0.15, 0.2) is 103 Å². The third-order valence-corrected chi connectivity index (χ3v) is 5.83. The molecule has 0 N–H and O–H groups in total. The lowest BCUT2D eigenvalue weighted by atomic mass is 9.98. The van der Waals surface area contributed by atoms with Crippen LogP contribution in [-0.2, 0) is 5.54 Å². The van der Waals surface area contributed by atoms with Gasteiger partial charge in [-0.3, -0.25) is 0 Å². The molecule has 136 valence electrons. The maximum atomic E-state index is 2.57. The average molecular weight is 362 g/mol. The molecule has 4 aromatic rings. The average Bonchev–Trinajstić information content (AvgIpc) is 3.53. The fourth-order valence-electron chi connectivity index (χ4n) is 4.02. The van der Waals surface area contributed by atoms with Gasteiger partial charge in [-0.25, -0.2) is 0 Å². The van der Waals surface area contributed by atoms with E-state index in [0.717, 1.165) is 0 Å². The second kappa shape index (κ2) is 6.76. The maximum Gasteiger partial charge on any atom is 0.214 e. The van der Waals surface area contributed by atoms with Gasteiger partial charge in [0.05, 0.1) is 0 Å². The molecule has 1 aliphatic carbocycles. The summed E-state index contributed by atoms with van der Waals surface area (Å²) in [7, 11) is 0. The van der Waals surface area contributed by atoms with E-state index < -0.39 is 0 Å². The number of rotatable bonds is 4. The topological polar surface area (TPSA) is 3.88 Å². The molecule has 0 amide bonds. The van der Waals surface area contributed by atoms with Crippen molar-refractivity contribution in [3.8, 4) is 33.6 Å². The van der Waals surface area contributed by atoms with Crippen LogP contribution in [0.1, 0.15) is 19.8 Å². The Morgan fingerprint density at radius 3 is 1.32 bits per heavy atom. The van der Waals surface area contributed by atoms with Crippen LogP contribution in [0.3, 0.4) is 0 Å². The van der Waals surface area contributed by atoms with Crippen LogP contribution in [0, 0.1) is 0 Å². The molecule has 1 nitrogen and oxygen atoms in total. The fraction of sp³-hybridized carbons (Fsp3) is 0.148. The van der Waals surface area contributed by atoms with Crippen LogP contribution in [0.2, 0.25) is 0 Å². The first-order chi connectivity index (χ1) is 13.7. The van der Waals surface area contributed by atoms with E-state index in [0.29, 0.717) is 0 Å². The van der Waals surface area contributed by atoms with Gasteiger partial charge in [-0.1, -0.05) is 66.7 Å². The largest absolute Gasteiger partial charge is 0.214 e. The molecule has 1 aromatic heterocycles. The van der Waals surface area contributed by atoms with Crippen molar-refractivity contribution >= 4 is 0 Å². The van der Waals surface area contributed by atoms with Gasteiger partial charge in [-0.2, -0.15) is 4.57 Å². The van der Waals surface area contributed by atoms with Crippen molar-refractivity contribution in [1.82, 2.24) is 0 Å². The molecular formula is C27H24N+. The molecule has 3 aromatic carbocycles. The first kappa shape index (κ1) is 16.9. The van der Waals surface area contributed by atoms with Crippen molar-refractivity contribution in [3.05, 3.63) is 103 Å². The van der Waals surface area contributed by atoms with E-state index in [-0.39, 0.29) is 5.54 Å². The molecule has 0 unspecified atom stereocenters. The van der Waals surface area contributed by atoms with Gasteiger partial charge in [0.25, 0.3) is 0 Å². The van der Waals surface area contributed by atoms with E-state index in [1.54, 1.807) is 0 Å². The Bertz CT molecular complexity index is 1030. The zero-order chi connectivity index (χ0) is 19.0. The maximum absolute atomic E-state index is 2.57. The van der Waals surface area contributed by atoms with Gasteiger partial charge in [-0.05, 0) is 35.4 Å². The Balaban J connectivity index is 1.84. The number of hydrogen-bond donors (Lipinski definition) is 0. The molecule has 5 rings (SSSR count). The highest BCUT2D eigenvalue weighted by Gasteiger charge is 2.51. The number of hydrogen-bond acceptors (Lipinski definition) is 0. The van der Waals surface area contributed by atoms with E-state index in [1.807, 2.05) is 0 Å². The predicted octanol–water partition coefficient (Wildman–Crippen LogP) is 6.48. The molecular weight excluding hydrogens is 338 g/mol. The highest BCUT2D eigenvalue weighted by molar-refractivity contribution is 5.73. The molecule has 1 aliphatic rings. The van der Waals surface area contributed by atoms with Gasteiger partial charge in [0, 0.05) is 43.0 Å². The number of pyridine rings is 1. The Morgan fingerprint density at radius 1 is 0.536 bits per heavy atom. The predicted molar refractivity (Wildman–Crippen MR) is 116 cm³/mol. The summed E-state index contributed by atoms with van der Waals surface area (Å²) < 4.78 is 2.57. The lowest BCUT2D eigenvalue weighted by Crippen LogP contribution is -2.48. The first-order valence-electron chi connectivity index (χ1n) is 10.0. The summed E-state index contributed by atoms with van der Waals surface area (Å²) in [6.07, 6.45) is 2.45. The Kier molecular flexibility index (Phi) is 4.09. The smallest absolute Gasteiger partial charge is 0.186 e. The van der Waals surface area contributed by atoms with Crippen molar-refractivity contribution in [1.29, 1.82) is 0 Å². The minimum Gasteiger partial charge on any atom is -0.186 e. The quantitative estimate of drug-likeness (QED) is 0.366. The highest BCUT2D eigenvalue weighted by atomic mass is 15.1. The van der Waals surface area contributed by atoms with E-state index in [9.17, 15) is 0 Å². The first-order valence-corrected chi connectivity index (χ1v) is 10.0. The molecule has 28 heavy (non-hydrogen) atoms. The Hall–Kier alpha value is -3.19. The molecule has 1 heterocycles. The molecule has 0 atom stereocenters. The molecule has 1 heteroatoms. The van der Waals surface area contributed by atoms with Crippen LogP contribution in [0.25, 0.3) is 33.6 Å². The summed E-state index contributed by atoms with van der Waals surface area (Å²) in [5.41, 5.74) is 7.83. The van der Waals surface area contributed by atoms with Gasteiger partial charge >= 0.3 is 0 Å². The zero-order valence-electron chi connectivity index (χ0n) is 16.2. The zero-order valence-corrected chi connectivity index (χ0v) is 16.2. The van der Waals surface area contributed by atoms with Crippen LogP contribution in [0.4, 0.5) is 0 Å². The van der Waals surface area contributed by atoms with E-state index in [2.05, 4.69) is 115 Å². The number of aromatic nitrogens is 1. The number of benzene rings is 3. The Labute approximate surface area is 166 Å². The van der Waals surface area contributed by atoms with Gasteiger partial charge in [0.2, 0.25) is 11.4 Å². The third-order valence-electron chi connectivity index (χ3n) is 5.83. The van der Waals surface area contributed by atoms with Crippen LogP contribution >= 0.6 is 0 Å². The lowest BCUT2D eigenvalue weighted by Gasteiger charge is -2.16. The normalized spacial score (nSPS) is 14.6. The second-order valence-corrected chi connectivity index (χ2v) is 7.94. The van der Waals surface area contributed by atoms with Crippen LogP contribution in [0.5, 0.6) is 0 Å². The Morgan fingerprint density at radius 2 is 0.929 bits per heavy atom. The van der Waals surface area contributed by atoms with Crippen molar-refractivity contribution in [2.24, 2.45) is 0 Å². The molecule has 0 saturated heterocycles. The lowest BCUT2D eigenvalue weighted by molar-refractivity contribution is -0.715. The molecule has 0 radical (unpaired) electrons. The van der Waals surface area contributed by atoms with Gasteiger partial charge in [0.1, 0.15) is 0 Å². The summed E-state index contributed by atoms with van der Waals surface area (Å²) in [6, 6.07) is 37.0. The van der Waals surface area contributed by atoms with E-state index in [1.165, 1.54) is 46.5 Å². The summed E-state index contributed by atoms with van der Waals surface area (Å²) in [5.74, 6) is 0. The SMILES string of the molecule is CC1([n+]2c(-c3ccccc3)cc(-c3ccccc3)cc2-c2ccccc2)CC1. The van der Waals surface area contributed by atoms with Crippen molar-refractivity contribution in [2.75, 3.05) is 0 Å². The molecule has 1 saturated carbocycles. The van der Waals surface area contributed by atoms with Gasteiger partial charge in [-0.15, -0.1) is 0 Å². The van der Waals surface area contributed by atoms with E-state index in [4.69, 9.17) is 0 Å². The summed E-state index contributed by atoms with van der Waals surface area (Å²) in [6.45, 7) is 2.38. The highest BCUT2D eigenvalue weighted by Crippen LogP contribution is 2.42. The fourth-order valence-corrected chi connectivity index (χ4v) is 4.02. The molecule has 0 bridgehead atoms. The summed E-state index contributed by atoms with van der Waals surface area (Å²) in [4.78, 5) is 0. The van der Waals surface area contributed by atoms with Crippen molar-refractivity contribution in [2.45, 2.75) is 25.3 Å². The second-order valence-electron chi connectivity index (χ2n) is 7.94. The van der Waals surface area contributed by atoms with Crippen molar-refractivity contribution in [3.63, 3.8) is 0 Å². The van der Waals surface area contributed by atoms with Gasteiger partial charge in [0.15, 0.2) is 5.54 Å². The molecule has 0 aliphatic heterocycles. The standard InChI is InChI=1S/C27H24N/c1-27(17-18-27)28-25(22-13-7-3-8-14-22)19-24(21-11-5-2-6-12-21)20-26(28)23-15-9-4-10-16-23/h2-16,19-20H,17-18H2,1H3/q+1.